The Morgan fingerprint density at radius 2 is 1.85 bits per heavy atom. The average Bonchev–Trinajstić information content (AvgIpc) is 2.94. The molecule has 0 aliphatic heterocycles. The van der Waals surface area contributed by atoms with Gasteiger partial charge in [-0.15, -0.1) is 18.2 Å². The van der Waals surface area contributed by atoms with Crippen LogP contribution in [-0.4, -0.2) is 19.9 Å². The molecule has 134 valence electrons. The summed E-state index contributed by atoms with van der Waals surface area (Å²) in [6.45, 7) is 3.95. The van der Waals surface area contributed by atoms with Crippen molar-refractivity contribution < 1.29 is 30.9 Å². The SMILES string of the molecule is Cc1cc(C)n(-c2[c-]c(Oc3ccc4cccc(O)c4n3)ccc2)n1.[Pt]. The third-order valence-electron chi connectivity index (χ3n) is 3.88. The number of fused-ring (bicyclic) bond motifs is 1. The first-order chi connectivity index (χ1) is 12.1. The Labute approximate surface area is 165 Å². The molecule has 0 spiro atoms. The minimum absolute atomic E-state index is 0. The third-order valence-corrected chi connectivity index (χ3v) is 3.88. The van der Waals surface area contributed by atoms with Gasteiger partial charge in [-0.05, 0) is 37.7 Å². The molecule has 0 amide bonds. The number of hydrogen-bond acceptors (Lipinski definition) is 4. The summed E-state index contributed by atoms with van der Waals surface area (Å²) in [6, 6.07) is 19.7. The Balaban J connectivity index is 0.00000196. The predicted octanol–water partition coefficient (Wildman–Crippen LogP) is 4.33. The van der Waals surface area contributed by atoms with Crippen LogP contribution in [0.1, 0.15) is 11.4 Å². The van der Waals surface area contributed by atoms with E-state index in [1.165, 1.54) is 0 Å². The van der Waals surface area contributed by atoms with E-state index in [0.29, 0.717) is 17.1 Å². The van der Waals surface area contributed by atoms with Crippen molar-refractivity contribution in [3.63, 3.8) is 0 Å². The van der Waals surface area contributed by atoms with Crippen LogP contribution in [0, 0.1) is 19.9 Å². The number of phenolic OH excluding ortho intramolecular Hbond substituents is 1. The quantitative estimate of drug-likeness (QED) is 0.405. The molecule has 0 aliphatic rings. The molecule has 0 saturated heterocycles. The average molecular weight is 525 g/mol. The molecular formula is C20H16N3O2Pt-. The van der Waals surface area contributed by atoms with Gasteiger partial charge >= 0.3 is 0 Å². The molecule has 2 aromatic carbocycles. The number of aromatic nitrogens is 3. The van der Waals surface area contributed by atoms with Gasteiger partial charge in [0.15, 0.2) is 0 Å². The van der Waals surface area contributed by atoms with Crippen LogP contribution >= 0.6 is 0 Å². The minimum Gasteiger partial charge on any atom is -0.506 e. The normalized spacial score (nSPS) is 10.5. The Bertz CT molecular complexity index is 1080. The molecule has 5 nitrogen and oxygen atoms in total. The van der Waals surface area contributed by atoms with Crippen molar-refractivity contribution in [1.82, 2.24) is 14.8 Å². The summed E-state index contributed by atoms with van der Waals surface area (Å²) in [5, 5.41) is 15.3. The summed E-state index contributed by atoms with van der Waals surface area (Å²) in [5.74, 6) is 1.06. The number of para-hydroxylation sites is 1. The number of aromatic hydroxyl groups is 1. The van der Waals surface area contributed by atoms with Crippen LogP contribution in [0.3, 0.4) is 0 Å². The van der Waals surface area contributed by atoms with Crippen LogP contribution in [0.25, 0.3) is 16.6 Å². The van der Waals surface area contributed by atoms with E-state index in [2.05, 4.69) is 16.1 Å². The molecular weight excluding hydrogens is 509 g/mol. The van der Waals surface area contributed by atoms with Gasteiger partial charge < -0.3 is 9.84 Å². The number of aryl methyl sites for hydroxylation is 2. The number of nitrogens with zero attached hydrogens (tertiary/aromatic N) is 3. The molecule has 1 N–H and O–H groups in total. The molecule has 0 bridgehead atoms. The van der Waals surface area contributed by atoms with Gasteiger partial charge in [0.1, 0.15) is 11.3 Å². The first-order valence-corrected chi connectivity index (χ1v) is 7.93. The van der Waals surface area contributed by atoms with E-state index >= 15 is 0 Å². The van der Waals surface area contributed by atoms with Crippen molar-refractivity contribution >= 4 is 10.9 Å². The minimum atomic E-state index is 0. The number of ether oxygens (including phenoxy) is 1. The largest absolute Gasteiger partial charge is 0.506 e. The number of hydrogen-bond donors (Lipinski definition) is 1. The zero-order chi connectivity index (χ0) is 17.4. The second-order valence-corrected chi connectivity index (χ2v) is 5.84. The Kier molecular flexibility index (Phi) is 5.10. The number of benzene rings is 2. The van der Waals surface area contributed by atoms with Gasteiger partial charge in [0, 0.05) is 44.0 Å². The second-order valence-electron chi connectivity index (χ2n) is 5.84. The summed E-state index contributed by atoms with van der Waals surface area (Å²) in [4.78, 5) is 4.38. The molecule has 4 aromatic rings. The van der Waals surface area contributed by atoms with Gasteiger partial charge in [-0.1, -0.05) is 12.1 Å². The molecule has 0 fully saturated rings. The molecule has 0 radical (unpaired) electrons. The van der Waals surface area contributed by atoms with E-state index < -0.39 is 0 Å². The Morgan fingerprint density at radius 3 is 2.62 bits per heavy atom. The molecule has 4 rings (SSSR count). The van der Waals surface area contributed by atoms with Gasteiger partial charge in [0.25, 0.3) is 0 Å². The van der Waals surface area contributed by atoms with Crippen molar-refractivity contribution in [1.29, 1.82) is 0 Å². The van der Waals surface area contributed by atoms with Gasteiger partial charge in [-0.3, -0.25) is 4.68 Å². The maximum atomic E-state index is 9.95. The topological polar surface area (TPSA) is 60.2 Å². The summed E-state index contributed by atoms with van der Waals surface area (Å²) < 4.78 is 7.65. The number of phenols is 1. The fourth-order valence-corrected chi connectivity index (χ4v) is 2.78. The van der Waals surface area contributed by atoms with E-state index in [-0.39, 0.29) is 26.8 Å². The molecule has 0 atom stereocenters. The monoisotopic (exact) mass is 525 g/mol. The summed E-state index contributed by atoms with van der Waals surface area (Å²) in [7, 11) is 0. The van der Waals surface area contributed by atoms with Gasteiger partial charge in [0.2, 0.25) is 5.88 Å². The fraction of sp³-hybridized carbons (Fsp3) is 0.100. The second kappa shape index (κ2) is 7.30. The van der Waals surface area contributed by atoms with Crippen LogP contribution in [-0.2, 0) is 21.1 Å². The van der Waals surface area contributed by atoms with Crippen LogP contribution < -0.4 is 4.74 Å². The predicted molar refractivity (Wildman–Crippen MR) is 95.4 cm³/mol. The number of pyridine rings is 1. The molecule has 26 heavy (non-hydrogen) atoms. The van der Waals surface area contributed by atoms with E-state index in [1.54, 1.807) is 18.2 Å². The molecule has 2 heterocycles. The smallest absolute Gasteiger partial charge is 0.217 e. The molecule has 2 aromatic heterocycles. The molecule has 6 heteroatoms. The maximum Gasteiger partial charge on any atom is 0.217 e. The van der Waals surface area contributed by atoms with Crippen LogP contribution in [0.2, 0.25) is 0 Å². The van der Waals surface area contributed by atoms with E-state index in [4.69, 9.17) is 4.74 Å². The first-order valence-electron chi connectivity index (χ1n) is 7.93. The molecule has 0 aliphatic carbocycles. The zero-order valence-corrected chi connectivity index (χ0v) is 16.5. The van der Waals surface area contributed by atoms with Crippen molar-refractivity contribution in [2.45, 2.75) is 13.8 Å². The standard InChI is InChI=1S/C20H16N3O2.Pt/c1-13-11-14(2)23(22-13)16-6-4-7-17(12-16)25-19-10-9-15-5-3-8-18(24)20(15)21-19;/h3-11,24H,1-2H3;/q-1;. The van der Waals surface area contributed by atoms with E-state index in [0.717, 1.165) is 22.5 Å². The van der Waals surface area contributed by atoms with Gasteiger partial charge in [0.05, 0.1) is 5.69 Å². The fourth-order valence-electron chi connectivity index (χ4n) is 2.78. The van der Waals surface area contributed by atoms with Gasteiger partial charge in [-0.2, -0.15) is 11.2 Å². The zero-order valence-electron chi connectivity index (χ0n) is 14.2. The third kappa shape index (κ3) is 3.49. The Morgan fingerprint density at radius 1 is 1.04 bits per heavy atom. The molecule has 0 unspecified atom stereocenters. The first kappa shape index (κ1) is 18.1. The van der Waals surface area contributed by atoms with E-state index in [1.807, 2.05) is 54.9 Å². The Hall–Kier alpha value is -2.65. The van der Waals surface area contributed by atoms with E-state index in [9.17, 15) is 5.11 Å². The van der Waals surface area contributed by atoms with Gasteiger partial charge in [-0.25, -0.2) is 4.98 Å². The maximum absolute atomic E-state index is 9.95. The van der Waals surface area contributed by atoms with Crippen LogP contribution in [0.15, 0.2) is 54.6 Å². The van der Waals surface area contributed by atoms with Crippen molar-refractivity contribution in [2.75, 3.05) is 0 Å². The summed E-state index contributed by atoms with van der Waals surface area (Å²) >= 11 is 0. The summed E-state index contributed by atoms with van der Waals surface area (Å²) in [5.41, 5.74) is 3.28. The summed E-state index contributed by atoms with van der Waals surface area (Å²) in [6.07, 6.45) is 0. The molecule has 0 saturated carbocycles. The van der Waals surface area contributed by atoms with Crippen molar-refractivity contribution in [3.05, 3.63) is 72.1 Å². The van der Waals surface area contributed by atoms with Crippen molar-refractivity contribution in [3.8, 4) is 23.1 Å². The van der Waals surface area contributed by atoms with Crippen LogP contribution in [0.5, 0.6) is 17.4 Å². The van der Waals surface area contributed by atoms with Crippen molar-refractivity contribution in [2.24, 2.45) is 0 Å². The number of rotatable bonds is 3. The van der Waals surface area contributed by atoms with Crippen LogP contribution in [0.4, 0.5) is 0 Å².